The van der Waals surface area contributed by atoms with Gasteiger partial charge in [-0.05, 0) is 37.2 Å². The normalized spacial score (nSPS) is 35.0. The fourth-order valence-electron chi connectivity index (χ4n) is 2.80. The minimum atomic E-state index is -0.670. The lowest BCUT2D eigenvalue weighted by atomic mass is 9.69. The van der Waals surface area contributed by atoms with Crippen LogP contribution in [0.4, 0.5) is 0 Å². The number of aromatic nitrogens is 1. The third-order valence-electron chi connectivity index (χ3n) is 3.94. The molecule has 0 bridgehead atoms. The maximum atomic E-state index is 10.9. The molecule has 1 saturated carbocycles. The predicted octanol–water partition coefficient (Wildman–Crippen LogP) is 3.03. The SMILES string of the molecule is Cc1cncc(C2(O)CC(C)CCC2C)c1. The van der Waals surface area contributed by atoms with Gasteiger partial charge in [-0.15, -0.1) is 0 Å². The first-order valence-corrected chi connectivity index (χ1v) is 6.17. The van der Waals surface area contributed by atoms with Gasteiger partial charge in [-0.3, -0.25) is 4.98 Å². The molecule has 3 unspecified atom stereocenters. The minimum absolute atomic E-state index is 0.326. The molecule has 1 aromatic heterocycles. The van der Waals surface area contributed by atoms with E-state index in [1.54, 1.807) is 0 Å². The second-order valence-electron chi connectivity index (χ2n) is 5.46. The van der Waals surface area contributed by atoms with E-state index in [1.807, 2.05) is 19.3 Å². The molecule has 1 fully saturated rings. The van der Waals surface area contributed by atoms with Crippen LogP contribution in [0.1, 0.15) is 44.2 Å². The van der Waals surface area contributed by atoms with E-state index in [9.17, 15) is 5.11 Å². The summed E-state index contributed by atoms with van der Waals surface area (Å²) < 4.78 is 0. The summed E-state index contributed by atoms with van der Waals surface area (Å²) in [6.45, 7) is 6.39. The number of aryl methyl sites for hydroxylation is 1. The van der Waals surface area contributed by atoms with E-state index in [0.29, 0.717) is 11.8 Å². The molecule has 1 N–H and O–H groups in total. The van der Waals surface area contributed by atoms with E-state index in [0.717, 1.165) is 24.0 Å². The van der Waals surface area contributed by atoms with Gasteiger partial charge in [-0.2, -0.15) is 0 Å². The molecule has 1 aromatic rings. The van der Waals surface area contributed by atoms with Gasteiger partial charge in [0.25, 0.3) is 0 Å². The Hall–Kier alpha value is -0.890. The zero-order valence-electron chi connectivity index (χ0n) is 10.4. The van der Waals surface area contributed by atoms with Crippen molar-refractivity contribution in [1.82, 2.24) is 4.98 Å². The summed E-state index contributed by atoms with van der Waals surface area (Å²) in [7, 11) is 0. The number of rotatable bonds is 1. The number of nitrogens with zero attached hydrogens (tertiary/aromatic N) is 1. The van der Waals surface area contributed by atoms with Gasteiger partial charge in [0.2, 0.25) is 0 Å². The Kier molecular flexibility index (Phi) is 3.02. The van der Waals surface area contributed by atoms with Crippen LogP contribution in [0.15, 0.2) is 18.5 Å². The Bertz CT molecular complexity index is 377. The van der Waals surface area contributed by atoms with Crippen molar-refractivity contribution in [3.63, 3.8) is 0 Å². The second-order valence-corrected chi connectivity index (χ2v) is 5.46. The van der Waals surface area contributed by atoms with Crippen molar-refractivity contribution in [2.45, 2.75) is 45.6 Å². The number of hydrogen-bond acceptors (Lipinski definition) is 2. The maximum Gasteiger partial charge on any atom is 0.0939 e. The second kappa shape index (κ2) is 4.17. The third-order valence-corrected chi connectivity index (χ3v) is 3.94. The Balaban J connectivity index is 2.35. The zero-order chi connectivity index (χ0) is 11.8. The van der Waals surface area contributed by atoms with Crippen LogP contribution in [0.2, 0.25) is 0 Å². The number of aliphatic hydroxyl groups is 1. The lowest BCUT2D eigenvalue weighted by Crippen LogP contribution is -2.39. The zero-order valence-corrected chi connectivity index (χ0v) is 10.4. The summed E-state index contributed by atoms with van der Waals surface area (Å²) in [6, 6.07) is 2.07. The monoisotopic (exact) mass is 219 g/mol. The highest BCUT2D eigenvalue weighted by atomic mass is 16.3. The van der Waals surface area contributed by atoms with E-state index >= 15 is 0 Å². The first kappa shape index (κ1) is 11.6. The van der Waals surface area contributed by atoms with Crippen LogP contribution in [0.3, 0.4) is 0 Å². The van der Waals surface area contributed by atoms with Crippen LogP contribution in [0.25, 0.3) is 0 Å². The van der Waals surface area contributed by atoms with E-state index in [4.69, 9.17) is 0 Å². The molecule has 2 rings (SSSR count). The molecule has 2 nitrogen and oxygen atoms in total. The summed E-state index contributed by atoms with van der Waals surface area (Å²) in [5.41, 5.74) is 1.44. The van der Waals surface area contributed by atoms with Crippen LogP contribution < -0.4 is 0 Å². The average Bonchev–Trinajstić information content (AvgIpc) is 2.24. The van der Waals surface area contributed by atoms with Crippen molar-refractivity contribution in [2.75, 3.05) is 0 Å². The molecule has 3 atom stereocenters. The van der Waals surface area contributed by atoms with E-state index in [1.165, 1.54) is 6.42 Å². The first-order chi connectivity index (χ1) is 7.52. The van der Waals surface area contributed by atoms with Gasteiger partial charge in [-0.1, -0.05) is 26.3 Å². The molecule has 16 heavy (non-hydrogen) atoms. The smallest absolute Gasteiger partial charge is 0.0939 e. The van der Waals surface area contributed by atoms with Crippen molar-refractivity contribution >= 4 is 0 Å². The molecule has 2 heteroatoms. The minimum Gasteiger partial charge on any atom is -0.385 e. The Labute approximate surface area is 97.7 Å². The largest absolute Gasteiger partial charge is 0.385 e. The lowest BCUT2D eigenvalue weighted by Gasteiger charge is -2.41. The Morgan fingerprint density at radius 2 is 2.06 bits per heavy atom. The molecule has 88 valence electrons. The fraction of sp³-hybridized carbons (Fsp3) is 0.643. The molecule has 1 aliphatic carbocycles. The highest BCUT2D eigenvalue weighted by Crippen LogP contribution is 2.43. The van der Waals surface area contributed by atoms with Crippen molar-refractivity contribution in [2.24, 2.45) is 11.8 Å². The maximum absolute atomic E-state index is 10.9. The van der Waals surface area contributed by atoms with Crippen molar-refractivity contribution in [3.8, 4) is 0 Å². The van der Waals surface area contributed by atoms with Crippen molar-refractivity contribution in [1.29, 1.82) is 0 Å². The number of pyridine rings is 1. The van der Waals surface area contributed by atoms with Gasteiger partial charge in [0.15, 0.2) is 0 Å². The van der Waals surface area contributed by atoms with Gasteiger partial charge in [0.05, 0.1) is 5.60 Å². The lowest BCUT2D eigenvalue weighted by molar-refractivity contribution is -0.0630. The van der Waals surface area contributed by atoms with E-state index in [-0.39, 0.29) is 0 Å². The van der Waals surface area contributed by atoms with Crippen molar-refractivity contribution < 1.29 is 5.11 Å². The van der Waals surface area contributed by atoms with Crippen LogP contribution >= 0.6 is 0 Å². The van der Waals surface area contributed by atoms with Crippen LogP contribution in [0.5, 0.6) is 0 Å². The predicted molar refractivity (Wildman–Crippen MR) is 65.0 cm³/mol. The highest BCUT2D eigenvalue weighted by molar-refractivity contribution is 5.24. The number of hydrogen-bond donors (Lipinski definition) is 1. The molecular formula is C14H21NO. The van der Waals surface area contributed by atoms with Gasteiger partial charge < -0.3 is 5.11 Å². The van der Waals surface area contributed by atoms with Crippen molar-refractivity contribution in [3.05, 3.63) is 29.6 Å². The summed E-state index contributed by atoms with van der Waals surface area (Å²) in [5.74, 6) is 0.925. The fourth-order valence-corrected chi connectivity index (χ4v) is 2.80. The molecule has 0 amide bonds. The molecule has 1 aliphatic rings. The quantitative estimate of drug-likeness (QED) is 0.787. The first-order valence-electron chi connectivity index (χ1n) is 6.17. The molecular weight excluding hydrogens is 198 g/mol. The van der Waals surface area contributed by atoms with E-state index in [2.05, 4.69) is 24.9 Å². The molecule has 1 heterocycles. The molecule has 0 radical (unpaired) electrons. The topological polar surface area (TPSA) is 33.1 Å². The Morgan fingerprint density at radius 3 is 2.75 bits per heavy atom. The van der Waals surface area contributed by atoms with Gasteiger partial charge in [0.1, 0.15) is 0 Å². The average molecular weight is 219 g/mol. The summed E-state index contributed by atoms with van der Waals surface area (Å²) >= 11 is 0. The van der Waals surface area contributed by atoms with Gasteiger partial charge >= 0.3 is 0 Å². The standard InChI is InChI=1S/C14H21NO/c1-10-4-5-12(3)14(16,7-10)13-6-11(2)8-15-9-13/h6,8-10,12,16H,4-5,7H2,1-3H3. The summed E-state index contributed by atoms with van der Waals surface area (Å²) in [4.78, 5) is 4.20. The molecule has 0 spiro atoms. The van der Waals surface area contributed by atoms with Crippen LogP contribution in [-0.4, -0.2) is 10.1 Å². The molecule has 0 aliphatic heterocycles. The summed E-state index contributed by atoms with van der Waals surface area (Å²) in [6.07, 6.45) is 6.85. The third kappa shape index (κ3) is 1.99. The highest BCUT2D eigenvalue weighted by Gasteiger charge is 2.40. The van der Waals surface area contributed by atoms with Gasteiger partial charge in [0, 0.05) is 18.0 Å². The van der Waals surface area contributed by atoms with E-state index < -0.39 is 5.60 Å². The van der Waals surface area contributed by atoms with Crippen LogP contribution in [0, 0.1) is 18.8 Å². The summed E-state index contributed by atoms with van der Waals surface area (Å²) in [5, 5.41) is 10.9. The van der Waals surface area contributed by atoms with Crippen LogP contribution in [-0.2, 0) is 5.60 Å². The van der Waals surface area contributed by atoms with Gasteiger partial charge in [-0.25, -0.2) is 0 Å². The Morgan fingerprint density at radius 1 is 1.31 bits per heavy atom. The molecule has 0 saturated heterocycles. The molecule has 0 aromatic carbocycles.